The molecular formula is C10H11O4. The van der Waals surface area contributed by atoms with E-state index < -0.39 is 5.97 Å². The minimum Gasteiger partial charge on any atom is -0.497 e. The van der Waals surface area contributed by atoms with Gasteiger partial charge in [0.1, 0.15) is 18.6 Å². The van der Waals surface area contributed by atoms with Crippen molar-refractivity contribution in [1.29, 1.82) is 0 Å². The number of hydrogen-bond donors (Lipinski definition) is 0. The quantitative estimate of drug-likeness (QED) is 0.681. The first kappa shape index (κ1) is 10.4. The lowest BCUT2D eigenvalue weighted by molar-refractivity contribution is -0.140. The van der Waals surface area contributed by atoms with Crippen molar-refractivity contribution in [2.24, 2.45) is 0 Å². The summed E-state index contributed by atoms with van der Waals surface area (Å²) in [5.41, 5.74) is 0. The van der Waals surface area contributed by atoms with Gasteiger partial charge in [0.15, 0.2) is 6.61 Å². The predicted octanol–water partition coefficient (Wildman–Crippen LogP) is 1.41. The molecule has 1 radical (unpaired) electrons. The number of carbonyl (C=O) groups is 1. The molecule has 0 amide bonds. The molecule has 0 N–H and O–H groups in total. The fourth-order valence-corrected chi connectivity index (χ4v) is 0.856. The second-order valence-electron chi connectivity index (χ2n) is 2.48. The van der Waals surface area contributed by atoms with Crippen LogP contribution in [-0.2, 0) is 9.53 Å². The zero-order chi connectivity index (χ0) is 10.4. The number of esters is 1. The number of rotatable bonds is 4. The SMILES string of the molecule is [CH2]OC(=O)COc1ccc(OC)cc1. The van der Waals surface area contributed by atoms with Gasteiger partial charge in [0.05, 0.1) is 7.11 Å². The lowest BCUT2D eigenvalue weighted by atomic mass is 10.3. The topological polar surface area (TPSA) is 44.8 Å². The van der Waals surface area contributed by atoms with Gasteiger partial charge in [0.25, 0.3) is 0 Å². The lowest BCUT2D eigenvalue weighted by Gasteiger charge is -2.05. The van der Waals surface area contributed by atoms with Crippen LogP contribution in [0.1, 0.15) is 0 Å². The molecule has 0 aliphatic heterocycles. The second kappa shape index (κ2) is 5.11. The van der Waals surface area contributed by atoms with Gasteiger partial charge in [-0.05, 0) is 24.3 Å². The van der Waals surface area contributed by atoms with E-state index in [2.05, 4.69) is 11.8 Å². The fourth-order valence-electron chi connectivity index (χ4n) is 0.856. The van der Waals surface area contributed by atoms with E-state index in [9.17, 15) is 4.79 Å². The Morgan fingerprint density at radius 1 is 1.29 bits per heavy atom. The Hall–Kier alpha value is -1.71. The molecule has 0 heterocycles. The van der Waals surface area contributed by atoms with Gasteiger partial charge in [-0.3, -0.25) is 0 Å². The third-order valence-electron chi connectivity index (χ3n) is 1.58. The molecule has 0 aromatic heterocycles. The van der Waals surface area contributed by atoms with Gasteiger partial charge in [0, 0.05) is 0 Å². The molecule has 0 saturated carbocycles. The number of methoxy groups -OCH3 is 1. The fraction of sp³-hybridized carbons (Fsp3) is 0.200. The third-order valence-corrected chi connectivity index (χ3v) is 1.58. The van der Waals surface area contributed by atoms with Crippen LogP contribution < -0.4 is 9.47 Å². The van der Waals surface area contributed by atoms with Crippen LogP contribution in [0.2, 0.25) is 0 Å². The zero-order valence-electron chi connectivity index (χ0n) is 7.86. The van der Waals surface area contributed by atoms with Gasteiger partial charge in [-0.15, -0.1) is 0 Å². The van der Waals surface area contributed by atoms with Gasteiger partial charge in [0.2, 0.25) is 0 Å². The normalized spacial score (nSPS) is 9.29. The number of benzene rings is 1. The summed E-state index contributed by atoms with van der Waals surface area (Å²) in [5, 5.41) is 0. The molecule has 0 spiro atoms. The molecule has 14 heavy (non-hydrogen) atoms. The molecule has 0 bridgehead atoms. The van der Waals surface area contributed by atoms with Gasteiger partial charge in [-0.25, -0.2) is 4.79 Å². The Morgan fingerprint density at radius 3 is 2.36 bits per heavy atom. The van der Waals surface area contributed by atoms with Gasteiger partial charge >= 0.3 is 5.97 Å². The average molecular weight is 195 g/mol. The number of carbonyl (C=O) groups excluding carboxylic acids is 1. The van der Waals surface area contributed by atoms with Crippen molar-refractivity contribution in [2.45, 2.75) is 0 Å². The Labute approximate surface area is 82.4 Å². The van der Waals surface area contributed by atoms with Gasteiger partial charge in [-0.1, -0.05) is 0 Å². The zero-order valence-corrected chi connectivity index (χ0v) is 7.86. The minimum absolute atomic E-state index is 0.143. The molecule has 0 atom stereocenters. The van der Waals surface area contributed by atoms with Crippen LogP contribution in [0.3, 0.4) is 0 Å². The average Bonchev–Trinajstić information content (AvgIpc) is 2.26. The first-order valence-electron chi connectivity index (χ1n) is 3.98. The summed E-state index contributed by atoms with van der Waals surface area (Å²) in [6, 6.07) is 6.89. The minimum atomic E-state index is -0.513. The first-order valence-corrected chi connectivity index (χ1v) is 3.98. The van der Waals surface area contributed by atoms with E-state index in [-0.39, 0.29) is 6.61 Å². The maximum absolute atomic E-state index is 10.7. The molecule has 0 fully saturated rings. The van der Waals surface area contributed by atoms with E-state index in [0.717, 1.165) is 5.75 Å². The van der Waals surface area contributed by atoms with Crippen molar-refractivity contribution in [3.05, 3.63) is 31.4 Å². The number of hydrogen-bond acceptors (Lipinski definition) is 4. The third kappa shape index (κ3) is 2.97. The molecule has 4 nitrogen and oxygen atoms in total. The second-order valence-corrected chi connectivity index (χ2v) is 2.48. The Kier molecular flexibility index (Phi) is 3.79. The first-order chi connectivity index (χ1) is 6.76. The summed E-state index contributed by atoms with van der Waals surface area (Å²) in [6.07, 6.45) is 0. The van der Waals surface area contributed by atoms with E-state index in [1.165, 1.54) is 0 Å². The van der Waals surface area contributed by atoms with Crippen molar-refractivity contribution in [3.63, 3.8) is 0 Å². The van der Waals surface area contributed by atoms with Crippen molar-refractivity contribution >= 4 is 5.97 Å². The predicted molar refractivity (Wildman–Crippen MR) is 49.9 cm³/mol. The summed E-state index contributed by atoms with van der Waals surface area (Å²) in [7, 11) is 4.56. The molecule has 4 heteroatoms. The Bertz CT molecular complexity index is 291. The van der Waals surface area contributed by atoms with Crippen molar-refractivity contribution in [1.82, 2.24) is 0 Å². The summed E-state index contributed by atoms with van der Waals surface area (Å²) in [5.74, 6) is 0.800. The van der Waals surface area contributed by atoms with Crippen LogP contribution in [0, 0.1) is 7.11 Å². The summed E-state index contributed by atoms with van der Waals surface area (Å²) in [6.45, 7) is -0.143. The van der Waals surface area contributed by atoms with E-state index in [1.807, 2.05) is 0 Å². The Morgan fingerprint density at radius 2 is 1.86 bits per heavy atom. The smallest absolute Gasteiger partial charge is 0.344 e. The molecule has 1 rings (SSSR count). The van der Waals surface area contributed by atoms with Crippen LogP contribution in [0.25, 0.3) is 0 Å². The molecule has 0 aliphatic carbocycles. The van der Waals surface area contributed by atoms with E-state index >= 15 is 0 Å². The standard InChI is InChI=1S/C10H11O4/c1-12-8-3-5-9(6-4-8)14-7-10(11)13-2/h3-6H,2,7H2,1H3. The van der Waals surface area contributed by atoms with Crippen LogP contribution >= 0.6 is 0 Å². The Balaban J connectivity index is 2.47. The van der Waals surface area contributed by atoms with E-state index in [1.54, 1.807) is 31.4 Å². The monoisotopic (exact) mass is 195 g/mol. The number of ether oxygens (including phenoxy) is 3. The highest BCUT2D eigenvalue weighted by molar-refractivity contribution is 5.71. The molecule has 0 unspecified atom stereocenters. The van der Waals surface area contributed by atoms with Crippen molar-refractivity contribution in [3.8, 4) is 11.5 Å². The van der Waals surface area contributed by atoms with Crippen LogP contribution in [-0.4, -0.2) is 19.7 Å². The highest BCUT2D eigenvalue weighted by Crippen LogP contribution is 2.16. The van der Waals surface area contributed by atoms with Gasteiger partial charge < -0.3 is 14.2 Å². The molecule has 75 valence electrons. The van der Waals surface area contributed by atoms with Crippen LogP contribution in [0.4, 0.5) is 0 Å². The van der Waals surface area contributed by atoms with Crippen molar-refractivity contribution in [2.75, 3.05) is 13.7 Å². The summed E-state index contributed by atoms with van der Waals surface area (Å²) >= 11 is 0. The molecular weight excluding hydrogens is 184 g/mol. The van der Waals surface area contributed by atoms with Crippen LogP contribution in [0.5, 0.6) is 11.5 Å². The van der Waals surface area contributed by atoms with Gasteiger partial charge in [-0.2, -0.15) is 0 Å². The summed E-state index contributed by atoms with van der Waals surface area (Å²) < 4.78 is 14.2. The van der Waals surface area contributed by atoms with Crippen molar-refractivity contribution < 1.29 is 19.0 Å². The molecule has 0 aliphatic rings. The molecule has 1 aromatic carbocycles. The lowest BCUT2D eigenvalue weighted by Crippen LogP contribution is -2.11. The molecule has 0 saturated heterocycles. The summed E-state index contributed by atoms with van der Waals surface area (Å²) in [4.78, 5) is 10.7. The van der Waals surface area contributed by atoms with Crippen LogP contribution in [0.15, 0.2) is 24.3 Å². The molecule has 1 aromatic rings. The maximum atomic E-state index is 10.7. The highest BCUT2D eigenvalue weighted by Gasteiger charge is 2.01. The largest absolute Gasteiger partial charge is 0.497 e. The van der Waals surface area contributed by atoms with E-state index in [0.29, 0.717) is 5.75 Å². The highest BCUT2D eigenvalue weighted by atomic mass is 16.6. The van der Waals surface area contributed by atoms with E-state index in [4.69, 9.17) is 9.47 Å². The maximum Gasteiger partial charge on any atom is 0.344 e.